The van der Waals surface area contributed by atoms with E-state index in [2.05, 4.69) is 0 Å². The van der Waals surface area contributed by atoms with Gasteiger partial charge in [-0.15, -0.1) is 0 Å². The molecule has 0 heterocycles. The summed E-state index contributed by atoms with van der Waals surface area (Å²) in [5.74, 6) is 1.65. The van der Waals surface area contributed by atoms with E-state index < -0.39 is 0 Å². The van der Waals surface area contributed by atoms with Crippen molar-refractivity contribution in [2.75, 3.05) is 21.3 Å². The molecule has 5 nitrogen and oxygen atoms in total. The lowest BCUT2D eigenvalue weighted by Crippen LogP contribution is -2.38. The molecule has 1 amide bonds. The van der Waals surface area contributed by atoms with Crippen molar-refractivity contribution in [1.29, 1.82) is 0 Å². The first kappa shape index (κ1) is 17.6. The summed E-state index contributed by atoms with van der Waals surface area (Å²) < 4.78 is 10.7. The number of carbonyl (C=O) groups excluding carboxylic acids is 1. The van der Waals surface area contributed by atoms with E-state index in [0.717, 1.165) is 36.8 Å². The van der Waals surface area contributed by atoms with Crippen molar-refractivity contribution in [3.05, 3.63) is 23.3 Å². The van der Waals surface area contributed by atoms with Gasteiger partial charge in [0.2, 0.25) is 5.91 Å². The molecule has 0 aromatic heterocycles. The van der Waals surface area contributed by atoms with E-state index in [9.17, 15) is 4.79 Å². The lowest BCUT2D eigenvalue weighted by atomic mass is 9.85. The standard InChI is InChI=1S/C18H28N2O3/c1-12-8-16(22-3)17(23-4)10-14(12)11-20(2)18(21)13-6-5-7-15(19)9-13/h8,10,13,15H,5-7,9,11,19H2,1-4H3/t13-,15-/m1/s1. The Bertz CT molecular complexity index is 559. The third-order valence-corrected chi connectivity index (χ3v) is 4.69. The predicted molar refractivity (Wildman–Crippen MR) is 90.7 cm³/mol. The van der Waals surface area contributed by atoms with Crippen LogP contribution in [-0.2, 0) is 11.3 Å². The second kappa shape index (κ2) is 7.68. The van der Waals surface area contributed by atoms with Gasteiger partial charge in [-0.2, -0.15) is 0 Å². The number of hydrogen-bond acceptors (Lipinski definition) is 4. The zero-order valence-electron chi connectivity index (χ0n) is 14.6. The van der Waals surface area contributed by atoms with Crippen molar-refractivity contribution in [3.63, 3.8) is 0 Å². The Morgan fingerprint density at radius 2 is 1.91 bits per heavy atom. The van der Waals surface area contributed by atoms with Gasteiger partial charge in [-0.25, -0.2) is 0 Å². The number of nitrogens with two attached hydrogens (primary N) is 1. The molecule has 1 aliphatic rings. The normalized spacial score (nSPS) is 20.9. The van der Waals surface area contributed by atoms with E-state index in [4.69, 9.17) is 15.2 Å². The molecular weight excluding hydrogens is 292 g/mol. The Kier molecular flexibility index (Phi) is 5.88. The first-order valence-corrected chi connectivity index (χ1v) is 8.18. The van der Waals surface area contributed by atoms with Crippen molar-refractivity contribution in [2.24, 2.45) is 11.7 Å². The molecule has 128 valence electrons. The summed E-state index contributed by atoms with van der Waals surface area (Å²) >= 11 is 0. The number of aryl methyl sites for hydroxylation is 1. The predicted octanol–water partition coefficient (Wildman–Crippen LogP) is 2.49. The lowest BCUT2D eigenvalue weighted by molar-refractivity contribution is -0.135. The summed E-state index contributed by atoms with van der Waals surface area (Å²) in [6.07, 6.45) is 3.82. The summed E-state index contributed by atoms with van der Waals surface area (Å²) in [6, 6.07) is 4.06. The number of rotatable bonds is 5. The van der Waals surface area contributed by atoms with Crippen LogP contribution in [0.15, 0.2) is 12.1 Å². The van der Waals surface area contributed by atoms with Gasteiger partial charge in [-0.05, 0) is 49.4 Å². The highest BCUT2D eigenvalue weighted by atomic mass is 16.5. The van der Waals surface area contributed by atoms with Crippen molar-refractivity contribution >= 4 is 5.91 Å². The Hall–Kier alpha value is -1.75. The first-order chi connectivity index (χ1) is 11.0. The molecule has 1 aliphatic carbocycles. The van der Waals surface area contributed by atoms with Crippen LogP contribution in [0.2, 0.25) is 0 Å². The van der Waals surface area contributed by atoms with Crippen LogP contribution in [0.3, 0.4) is 0 Å². The highest BCUT2D eigenvalue weighted by Crippen LogP contribution is 2.31. The molecule has 1 aromatic rings. The van der Waals surface area contributed by atoms with Gasteiger partial charge >= 0.3 is 0 Å². The van der Waals surface area contributed by atoms with Crippen molar-refractivity contribution in [1.82, 2.24) is 4.90 Å². The summed E-state index contributed by atoms with van der Waals surface area (Å²) in [5.41, 5.74) is 8.16. The molecule has 0 radical (unpaired) electrons. The van der Waals surface area contributed by atoms with Gasteiger partial charge in [0.05, 0.1) is 14.2 Å². The van der Waals surface area contributed by atoms with Crippen LogP contribution >= 0.6 is 0 Å². The smallest absolute Gasteiger partial charge is 0.225 e. The van der Waals surface area contributed by atoms with E-state index in [0.29, 0.717) is 18.0 Å². The van der Waals surface area contributed by atoms with Gasteiger partial charge in [0, 0.05) is 25.6 Å². The van der Waals surface area contributed by atoms with E-state index in [1.807, 2.05) is 26.1 Å². The van der Waals surface area contributed by atoms with Crippen LogP contribution in [0.25, 0.3) is 0 Å². The van der Waals surface area contributed by atoms with Crippen LogP contribution < -0.4 is 15.2 Å². The fraction of sp³-hybridized carbons (Fsp3) is 0.611. The lowest BCUT2D eigenvalue weighted by Gasteiger charge is -2.29. The summed E-state index contributed by atoms with van der Waals surface area (Å²) in [6.45, 7) is 2.59. The molecule has 1 saturated carbocycles. The van der Waals surface area contributed by atoms with Crippen LogP contribution in [0.4, 0.5) is 0 Å². The van der Waals surface area contributed by atoms with E-state index in [-0.39, 0.29) is 17.9 Å². The van der Waals surface area contributed by atoms with Gasteiger partial charge < -0.3 is 20.1 Å². The van der Waals surface area contributed by atoms with Crippen LogP contribution in [-0.4, -0.2) is 38.1 Å². The third-order valence-electron chi connectivity index (χ3n) is 4.69. The van der Waals surface area contributed by atoms with Crippen molar-refractivity contribution in [2.45, 2.75) is 45.2 Å². The minimum absolute atomic E-state index is 0.0594. The maximum absolute atomic E-state index is 12.7. The molecule has 5 heteroatoms. The zero-order chi connectivity index (χ0) is 17.0. The molecule has 23 heavy (non-hydrogen) atoms. The SMILES string of the molecule is COc1cc(C)c(CN(C)C(=O)[C@@H]2CCC[C@@H](N)C2)cc1OC. The summed E-state index contributed by atoms with van der Waals surface area (Å²) in [5, 5.41) is 0. The number of benzene rings is 1. The van der Waals surface area contributed by atoms with Gasteiger partial charge in [0.1, 0.15) is 0 Å². The van der Waals surface area contributed by atoms with Gasteiger partial charge in [-0.1, -0.05) is 6.42 Å². The highest BCUT2D eigenvalue weighted by molar-refractivity contribution is 5.78. The maximum atomic E-state index is 12.7. The van der Waals surface area contributed by atoms with Gasteiger partial charge in [0.25, 0.3) is 0 Å². The molecular formula is C18H28N2O3. The zero-order valence-corrected chi connectivity index (χ0v) is 14.6. The van der Waals surface area contributed by atoms with Crippen LogP contribution in [0.5, 0.6) is 11.5 Å². The summed E-state index contributed by atoms with van der Waals surface area (Å²) in [4.78, 5) is 14.5. The molecule has 0 bridgehead atoms. The molecule has 0 saturated heterocycles. The molecule has 2 N–H and O–H groups in total. The largest absolute Gasteiger partial charge is 0.493 e. The molecule has 1 aromatic carbocycles. The fourth-order valence-electron chi connectivity index (χ4n) is 3.29. The quantitative estimate of drug-likeness (QED) is 0.905. The number of hydrogen-bond donors (Lipinski definition) is 1. The third kappa shape index (κ3) is 4.16. The average molecular weight is 320 g/mol. The number of amides is 1. The molecule has 0 unspecified atom stereocenters. The monoisotopic (exact) mass is 320 g/mol. The second-order valence-electron chi connectivity index (χ2n) is 6.45. The highest BCUT2D eigenvalue weighted by Gasteiger charge is 2.27. The summed E-state index contributed by atoms with van der Waals surface area (Å²) in [7, 11) is 5.10. The van der Waals surface area contributed by atoms with Crippen molar-refractivity contribution < 1.29 is 14.3 Å². The Balaban J connectivity index is 2.10. The molecule has 0 aliphatic heterocycles. The Morgan fingerprint density at radius 1 is 1.26 bits per heavy atom. The second-order valence-corrected chi connectivity index (χ2v) is 6.45. The van der Waals surface area contributed by atoms with Gasteiger partial charge in [0.15, 0.2) is 11.5 Å². The number of ether oxygens (including phenoxy) is 2. The van der Waals surface area contributed by atoms with Crippen molar-refractivity contribution in [3.8, 4) is 11.5 Å². The van der Waals surface area contributed by atoms with E-state index in [1.54, 1.807) is 19.1 Å². The minimum Gasteiger partial charge on any atom is -0.493 e. The molecule has 1 fully saturated rings. The molecule has 2 atom stereocenters. The Morgan fingerprint density at radius 3 is 2.52 bits per heavy atom. The molecule has 2 rings (SSSR count). The van der Waals surface area contributed by atoms with Gasteiger partial charge in [-0.3, -0.25) is 4.79 Å². The fourth-order valence-corrected chi connectivity index (χ4v) is 3.29. The van der Waals surface area contributed by atoms with Crippen LogP contribution in [0, 0.1) is 12.8 Å². The van der Waals surface area contributed by atoms with E-state index >= 15 is 0 Å². The number of carbonyl (C=O) groups is 1. The average Bonchev–Trinajstić information content (AvgIpc) is 2.55. The van der Waals surface area contributed by atoms with Crippen LogP contribution in [0.1, 0.15) is 36.8 Å². The topological polar surface area (TPSA) is 64.8 Å². The molecule has 0 spiro atoms. The first-order valence-electron chi connectivity index (χ1n) is 8.18. The van der Waals surface area contributed by atoms with E-state index in [1.165, 1.54) is 0 Å². The number of nitrogens with zero attached hydrogens (tertiary/aromatic N) is 1. The number of methoxy groups -OCH3 is 2. The Labute approximate surface area is 138 Å². The minimum atomic E-state index is 0.0594. The maximum Gasteiger partial charge on any atom is 0.225 e.